The van der Waals surface area contributed by atoms with E-state index in [9.17, 15) is 14.0 Å². The highest BCUT2D eigenvalue weighted by Gasteiger charge is 2.46. The van der Waals surface area contributed by atoms with Gasteiger partial charge in [-0.05, 0) is 24.1 Å². The van der Waals surface area contributed by atoms with Gasteiger partial charge in [0.2, 0.25) is 0 Å². The minimum Gasteiger partial charge on any atom is -0.351 e. The Morgan fingerprint density at radius 2 is 2.03 bits per heavy atom. The van der Waals surface area contributed by atoms with E-state index in [1.165, 1.54) is 23.2 Å². The van der Waals surface area contributed by atoms with Gasteiger partial charge >= 0.3 is 6.03 Å². The molecule has 190 valence electrons. The molecule has 3 amide bonds. The summed E-state index contributed by atoms with van der Waals surface area (Å²) in [6, 6.07) is 5.70. The highest BCUT2D eigenvalue weighted by atomic mass is 32.1. The van der Waals surface area contributed by atoms with Crippen LogP contribution in [-0.4, -0.2) is 70.0 Å². The van der Waals surface area contributed by atoms with E-state index in [2.05, 4.69) is 15.3 Å². The van der Waals surface area contributed by atoms with Crippen molar-refractivity contribution in [3.63, 3.8) is 0 Å². The molecule has 3 aromatic rings. The number of carbonyl (C=O) groups is 2. The number of likely N-dealkylation sites (tertiary alicyclic amines) is 1. The maximum Gasteiger partial charge on any atom is 0.326 e. The van der Waals surface area contributed by atoms with Gasteiger partial charge in [0, 0.05) is 38.4 Å². The van der Waals surface area contributed by atoms with Crippen LogP contribution in [0.1, 0.15) is 28.1 Å². The van der Waals surface area contributed by atoms with Crippen LogP contribution >= 0.6 is 11.3 Å². The molecule has 12 heteroatoms. The number of hydrogen-bond donors (Lipinski definition) is 1. The van der Waals surface area contributed by atoms with Crippen molar-refractivity contribution < 1.29 is 23.5 Å². The molecule has 5 rings (SSSR count). The van der Waals surface area contributed by atoms with Gasteiger partial charge < -0.3 is 24.3 Å². The molecule has 0 bridgehead atoms. The second kappa shape index (κ2) is 10.7. The Bertz CT molecular complexity index is 1180. The number of thiazole rings is 1. The summed E-state index contributed by atoms with van der Waals surface area (Å²) in [5.41, 5.74) is 0.743. The van der Waals surface area contributed by atoms with Crippen LogP contribution in [0.3, 0.4) is 0 Å². The van der Waals surface area contributed by atoms with Gasteiger partial charge in [-0.3, -0.25) is 9.69 Å². The van der Waals surface area contributed by atoms with Crippen molar-refractivity contribution in [3.05, 3.63) is 65.4 Å². The zero-order valence-electron chi connectivity index (χ0n) is 19.6. The van der Waals surface area contributed by atoms with E-state index in [0.29, 0.717) is 49.3 Å². The van der Waals surface area contributed by atoms with Crippen LogP contribution < -0.4 is 10.2 Å². The lowest BCUT2D eigenvalue weighted by molar-refractivity contribution is -0.143. The molecule has 1 spiro atoms. The standard InChI is InChI=1S/C24H27FN6O4S/c25-19-4-2-18(3-5-19)15-31(23(33)30-10-6-24(16-30)34-12-13-35-24)22-28-14-20(36-22)21(32)27-7-1-9-29-11-8-26-17-29/h2-5,8,11,14,17H,1,6-7,9-10,12-13,15-16H2,(H,27,32). The highest BCUT2D eigenvalue weighted by Crippen LogP contribution is 2.33. The Labute approximate surface area is 211 Å². The molecule has 2 aliphatic heterocycles. The number of nitrogens with one attached hydrogen (secondary N) is 1. The third-order valence-electron chi connectivity index (χ3n) is 6.15. The molecule has 0 radical (unpaired) electrons. The summed E-state index contributed by atoms with van der Waals surface area (Å²) in [6.45, 7) is 3.25. The lowest BCUT2D eigenvalue weighted by atomic mass is 10.2. The summed E-state index contributed by atoms with van der Waals surface area (Å²) in [6.07, 6.45) is 8.14. The van der Waals surface area contributed by atoms with E-state index in [1.54, 1.807) is 29.6 Å². The van der Waals surface area contributed by atoms with Crippen LogP contribution in [0.15, 0.2) is 49.2 Å². The quantitative estimate of drug-likeness (QED) is 0.464. The Morgan fingerprint density at radius 3 is 2.78 bits per heavy atom. The molecule has 2 fully saturated rings. The number of amides is 3. The largest absolute Gasteiger partial charge is 0.351 e. The van der Waals surface area contributed by atoms with E-state index >= 15 is 0 Å². The van der Waals surface area contributed by atoms with Crippen molar-refractivity contribution in [2.45, 2.75) is 31.7 Å². The number of urea groups is 1. The molecule has 36 heavy (non-hydrogen) atoms. The van der Waals surface area contributed by atoms with Crippen LogP contribution in [0, 0.1) is 5.82 Å². The molecule has 1 N–H and O–H groups in total. The van der Waals surface area contributed by atoms with Crippen molar-refractivity contribution >= 4 is 28.4 Å². The number of nitrogens with zero attached hydrogens (tertiary/aromatic N) is 5. The van der Waals surface area contributed by atoms with Crippen molar-refractivity contribution in [2.75, 3.05) is 37.7 Å². The first kappa shape index (κ1) is 24.3. The van der Waals surface area contributed by atoms with E-state index in [0.717, 1.165) is 29.9 Å². The van der Waals surface area contributed by atoms with Gasteiger partial charge in [0.05, 0.1) is 38.8 Å². The maximum atomic E-state index is 13.6. The van der Waals surface area contributed by atoms with Crippen molar-refractivity contribution in [2.24, 2.45) is 0 Å². The van der Waals surface area contributed by atoms with Crippen LogP contribution in [0.5, 0.6) is 0 Å². The Morgan fingerprint density at radius 1 is 1.22 bits per heavy atom. The summed E-state index contributed by atoms with van der Waals surface area (Å²) in [5.74, 6) is -1.34. The third kappa shape index (κ3) is 5.55. The number of carbonyl (C=O) groups excluding carboxylic acids is 2. The molecule has 0 atom stereocenters. The lowest BCUT2D eigenvalue weighted by Gasteiger charge is -2.27. The number of aryl methyl sites for hydroxylation is 1. The normalized spacial score (nSPS) is 16.5. The summed E-state index contributed by atoms with van der Waals surface area (Å²) in [4.78, 5) is 38.3. The first-order valence-corrected chi connectivity index (χ1v) is 12.6. The maximum absolute atomic E-state index is 13.6. The van der Waals surface area contributed by atoms with E-state index in [4.69, 9.17) is 9.47 Å². The summed E-state index contributed by atoms with van der Waals surface area (Å²) >= 11 is 1.14. The molecule has 0 aliphatic carbocycles. The molecule has 2 aromatic heterocycles. The average Bonchev–Trinajstić information content (AvgIpc) is 3.70. The number of ether oxygens (including phenoxy) is 2. The summed E-state index contributed by atoms with van der Waals surface area (Å²) in [7, 11) is 0. The van der Waals surface area contributed by atoms with Gasteiger partial charge in [0.1, 0.15) is 10.7 Å². The first-order chi connectivity index (χ1) is 17.5. The van der Waals surface area contributed by atoms with Gasteiger partial charge in [-0.2, -0.15) is 0 Å². The topological polar surface area (TPSA) is 102 Å². The van der Waals surface area contributed by atoms with Gasteiger partial charge in [0.25, 0.3) is 5.91 Å². The number of benzene rings is 1. The zero-order chi connectivity index (χ0) is 25.0. The van der Waals surface area contributed by atoms with Gasteiger partial charge in [-0.1, -0.05) is 23.5 Å². The number of aromatic nitrogens is 3. The van der Waals surface area contributed by atoms with Crippen LogP contribution in [0.2, 0.25) is 0 Å². The molecule has 10 nitrogen and oxygen atoms in total. The SMILES string of the molecule is O=C(NCCCn1ccnc1)c1cnc(N(Cc2ccc(F)cc2)C(=O)N2CCC3(C2)OCCO3)s1. The molecular formula is C24H27FN6O4S. The molecule has 2 aliphatic rings. The number of imidazole rings is 1. The van der Waals surface area contributed by atoms with Crippen molar-refractivity contribution in [1.29, 1.82) is 0 Å². The highest BCUT2D eigenvalue weighted by molar-refractivity contribution is 7.17. The molecule has 4 heterocycles. The summed E-state index contributed by atoms with van der Waals surface area (Å²) in [5, 5.41) is 3.29. The number of anilines is 1. The molecule has 0 saturated carbocycles. The van der Waals surface area contributed by atoms with E-state index < -0.39 is 5.79 Å². The predicted octanol–water partition coefficient (Wildman–Crippen LogP) is 2.87. The van der Waals surface area contributed by atoms with Crippen molar-refractivity contribution in [1.82, 2.24) is 24.8 Å². The smallest absolute Gasteiger partial charge is 0.326 e. The lowest BCUT2D eigenvalue weighted by Crippen LogP contribution is -2.44. The van der Waals surface area contributed by atoms with Crippen molar-refractivity contribution in [3.8, 4) is 0 Å². The van der Waals surface area contributed by atoms with Gasteiger partial charge in [0.15, 0.2) is 10.9 Å². The van der Waals surface area contributed by atoms with Crippen LogP contribution in [0.4, 0.5) is 14.3 Å². The number of halogens is 1. The average molecular weight is 515 g/mol. The monoisotopic (exact) mass is 514 g/mol. The van der Waals surface area contributed by atoms with Crippen LogP contribution in [-0.2, 0) is 22.6 Å². The Kier molecular flexibility index (Phi) is 7.25. The molecule has 2 saturated heterocycles. The Hall–Kier alpha value is -3.35. The number of rotatable bonds is 8. The molecule has 0 unspecified atom stereocenters. The summed E-state index contributed by atoms with van der Waals surface area (Å²) < 4.78 is 26.9. The Balaban J connectivity index is 1.27. The predicted molar refractivity (Wildman–Crippen MR) is 130 cm³/mol. The first-order valence-electron chi connectivity index (χ1n) is 11.8. The van der Waals surface area contributed by atoms with Crippen LogP contribution in [0.25, 0.3) is 0 Å². The number of hydrogen-bond acceptors (Lipinski definition) is 7. The minimum atomic E-state index is -0.748. The van der Waals surface area contributed by atoms with E-state index in [-0.39, 0.29) is 24.3 Å². The van der Waals surface area contributed by atoms with E-state index in [1.807, 2.05) is 10.8 Å². The van der Waals surface area contributed by atoms with Gasteiger partial charge in [-0.25, -0.2) is 19.2 Å². The fraction of sp³-hybridized carbons (Fsp3) is 0.417. The fourth-order valence-corrected chi connectivity index (χ4v) is 5.10. The second-order valence-electron chi connectivity index (χ2n) is 8.69. The second-order valence-corrected chi connectivity index (χ2v) is 9.70. The fourth-order valence-electron chi connectivity index (χ4n) is 4.27. The molecule has 1 aromatic carbocycles. The van der Waals surface area contributed by atoms with Gasteiger partial charge in [-0.15, -0.1) is 0 Å². The zero-order valence-corrected chi connectivity index (χ0v) is 20.5. The third-order valence-corrected chi connectivity index (χ3v) is 7.17. The minimum absolute atomic E-state index is 0.184. The molecular weight excluding hydrogens is 487 g/mol.